The van der Waals surface area contributed by atoms with Crippen molar-refractivity contribution in [2.45, 2.75) is 26.8 Å². The maximum atomic E-state index is 12.4. The van der Waals surface area contributed by atoms with E-state index in [0.717, 1.165) is 17.7 Å². The van der Waals surface area contributed by atoms with E-state index in [9.17, 15) is 4.79 Å². The van der Waals surface area contributed by atoms with Crippen LogP contribution in [0, 0.1) is 5.41 Å². The first kappa shape index (κ1) is 16.5. The summed E-state index contributed by atoms with van der Waals surface area (Å²) < 4.78 is 0. The normalized spacial score (nSPS) is 13.7. The molecule has 0 aliphatic heterocycles. The fourth-order valence-corrected chi connectivity index (χ4v) is 2.09. The number of carbonyl (C=O) groups is 1. The van der Waals surface area contributed by atoms with Crippen LogP contribution >= 0.6 is 0 Å². The average Bonchev–Trinajstić information content (AvgIpc) is 2.46. The van der Waals surface area contributed by atoms with E-state index in [0.29, 0.717) is 13.1 Å². The summed E-state index contributed by atoms with van der Waals surface area (Å²) in [4.78, 5) is 16.3. The molecule has 0 aromatic heterocycles. The van der Waals surface area contributed by atoms with Gasteiger partial charge in [-0.15, -0.1) is 0 Å². The quantitative estimate of drug-likeness (QED) is 0.866. The average molecular weight is 277 g/mol. The first-order valence-electron chi connectivity index (χ1n) is 7.06. The highest BCUT2D eigenvalue weighted by Crippen LogP contribution is 2.23. The van der Waals surface area contributed by atoms with Crippen LogP contribution in [0.5, 0.6) is 0 Å². The minimum Gasteiger partial charge on any atom is -0.378 e. The van der Waals surface area contributed by atoms with Gasteiger partial charge in [0.05, 0.1) is 5.41 Å². The molecule has 0 radical (unpaired) electrons. The maximum Gasteiger partial charge on any atom is 0.229 e. The van der Waals surface area contributed by atoms with Crippen LogP contribution < -0.4 is 10.6 Å². The third-order valence-electron chi connectivity index (χ3n) is 3.97. The lowest BCUT2D eigenvalue weighted by molar-refractivity contribution is -0.140. The van der Waals surface area contributed by atoms with Gasteiger partial charge in [0.15, 0.2) is 0 Å². The third-order valence-corrected chi connectivity index (χ3v) is 3.97. The highest BCUT2D eigenvalue weighted by Gasteiger charge is 2.32. The molecule has 1 unspecified atom stereocenters. The van der Waals surface area contributed by atoms with E-state index in [-0.39, 0.29) is 5.91 Å². The number of nitrogens with two attached hydrogens (primary N) is 1. The molecule has 4 heteroatoms. The molecule has 1 aromatic carbocycles. The van der Waals surface area contributed by atoms with E-state index < -0.39 is 5.41 Å². The van der Waals surface area contributed by atoms with Crippen LogP contribution in [0.3, 0.4) is 0 Å². The highest BCUT2D eigenvalue weighted by molar-refractivity contribution is 5.82. The van der Waals surface area contributed by atoms with Crippen LogP contribution in [0.15, 0.2) is 24.3 Å². The van der Waals surface area contributed by atoms with Crippen LogP contribution in [0.1, 0.15) is 25.8 Å². The fraction of sp³-hybridized carbons (Fsp3) is 0.562. The monoisotopic (exact) mass is 277 g/mol. The summed E-state index contributed by atoms with van der Waals surface area (Å²) in [7, 11) is 5.86. The molecule has 1 aromatic rings. The van der Waals surface area contributed by atoms with Crippen molar-refractivity contribution in [1.82, 2.24) is 4.90 Å². The van der Waals surface area contributed by atoms with E-state index in [2.05, 4.69) is 29.2 Å². The molecule has 0 bridgehead atoms. The summed E-state index contributed by atoms with van der Waals surface area (Å²) in [5, 5.41) is 0. The van der Waals surface area contributed by atoms with E-state index >= 15 is 0 Å². The molecule has 0 spiro atoms. The van der Waals surface area contributed by atoms with Crippen LogP contribution in [0.4, 0.5) is 5.69 Å². The van der Waals surface area contributed by atoms with E-state index in [4.69, 9.17) is 5.73 Å². The summed E-state index contributed by atoms with van der Waals surface area (Å²) in [5.41, 5.74) is 7.57. The molecule has 1 rings (SSSR count). The molecule has 0 heterocycles. The van der Waals surface area contributed by atoms with E-state index in [1.54, 1.807) is 4.90 Å². The third kappa shape index (κ3) is 3.73. The predicted octanol–water partition coefficient (Wildman–Crippen LogP) is 2.09. The molecule has 1 atom stereocenters. The minimum absolute atomic E-state index is 0.110. The van der Waals surface area contributed by atoms with Gasteiger partial charge in [0.1, 0.15) is 0 Å². The molecule has 1 amide bonds. The predicted molar refractivity (Wildman–Crippen MR) is 84.7 cm³/mol. The molecule has 4 nitrogen and oxygen atoms in total. The van der Waals surface area contributed by atoms with Crippen molar-refractivity contribution in [2.24, 2.45) is 11.1 Å². The number of nitrogens with zero attached hydrogens (tertiary/aromatic N) is 2. The molecule has 0 saturated heterocycles. The maximum absolute atomic E-state index is 12.4. The Hall–Kier alpha value is -1.55. The van der Waals surface area contributed by atoms with Gasteiger partial charge in [-0.3, -0.25) is 4.79 Å². The molecular formula is C16H27N3O. The van der Waals surface area contributed by atoms with Crippen LogP contribution in [0.2, 0.25) is 0 Å². The summed E-state index contributed by atoms with van der Waals surface area (Å²) in [6.07, 6.45) is 0.756. The van der Waals surface area contributed by atoms with E-state index in [1.807, 2.05) is 35.0 Å². The number of anilines is 1. The van der Waals surface area contributed by atoms with Crippen molar-refractivity contribution in [3.05, 3.63) is 29.8 Å². The van der Waals surface area contributed by atoms with Gasteiger partial charge in [0, 0.05) is 39.9 Å². The molecular weight excluding hydrogens is 250 g/mol. The SMILES string of the molecule is CCC(C)(CN)C(=O)N(C)Cc1ccc(N(C)C)cc1. The molecule has 0 aliphatic rings. The molecule has 0 aliphatic carbocycles. The van der Waals surface area contributed by atoms with Gasteiger partial charge in [-0.1, -0.05) is 19.1 Å². The number of carbonyl (C=O) groups excluding carboxylic acids is 1. The Morgan fingerprint density at radius 2 is 1.75 bits per heavy atom. The van der Waals surface area contributed by atoms with Crippen LogP contribution in [-0.4, -0.2) is 38.5 Å². The van der Waals surface area contributed by atoms with Crippen molar-refractivity contribution in [1.29, 1.82) is 0 Å². The van der Waals surface area contributed by atoms with Gasteiger partial charge < -0.3 is 15.5 Å². The lowest BCUT2D eigenvalue weighted by Crippen LogP contribution is -2.44. The molecule has 0 saturated carbocycles. The fourth-order valence-electron chi connectivity index (χ4n) is 2.09. The Morgan fingerprint density at radius 1 is 1.20 bits per heavy atom. The topological polar surface area (TPSA) is 49.6 Å². The van der Waals surface area contributed by atoms with Gasteiger partial charge >= 0.3 is 0 Å². The summed E-state index contributed by atoms with van der Waals surface area (Å²) >= 11 is 0. The van der Waals surface area contributed by atoms with Crippen LogP contribution in [0.25, 0.3) is 0 Å². The lowest BCUT2D eigenvalue weighted by atomic mass is 9.86. The standard InChI is InChI=1S/C16H27N3O/c1-6-16(2,12-17)15(20)19(5)11-13-7-9-14(10-8-13)18(3)4/h7-10H,6,11-12,17H2,1-5H3. The van der Waals surface area contributed by atoms with Crippen LogP contribution in [-0.2, 0) is 11.3 Å². The largest absolute Gasteiger partial charge is 0.378 e. The zero-order chi connectivity index (χ0) is 15.3. The van der Waals surface area contributed by atoms with Crippen molar-refractivity contribution in [2.75, 3.05) is 32.6 Å². The summed E-state index contributed by atoms with van der Waals surface area (Å²) in [5.74, 6) is 0.110. The van der Waals surface area contributed by atoms with Crippen molar-refractivity contribution < 1.29 is 4.79 Å². The van der Waals surface area contributed by atoms with Crippen molar-refractivity contribution in [3.63, 3.8) is 0 Å². The summed E-state index contributed by atoms with van der Waals surface area (Å²) in [6, 6.07) is 8.25. The number of benzene rings is 1. The van der Waals surface area contributed by atoms with Gasteiger partial charge in [0.2, 0.25) is 5.91 Å². The Bertz CT molecular complexity index is 436. The zero-order valence-electron chi connectivity index (χ0n) is 13.3. The lowest BCUT2D eigenvalue weighted by Gasteiger charge is -2.30. The second kappa shape index (κ2) is 6.75. The van der Waals surface area contributed by atoms with Gasteiger partial charge in [-0.05, 0) is 31.0 Å². The second-order valence-electron chi connectivity index (χ2n) is 5.84. The number of hydrogen-bond acceptors (Lipinski definition) is 3. The van der Waals surface area contributed by atoms with Gasteiger partial charge in [-0.2, -0.15) is 0 Å². The summed E-state index contributed by atoms with van der Waals surface area (Å²) in [6.45, 7) is 4.93. The number of hydrogen-bond donors (Lipinski definition) is 1. The van der Waals surface area contributed by atoms with Gasteiger partial charge in [0.25, 0.3) is 0 Å². The smallest absolute Gasteiger partial charge is 0.229 e. The Morgan fingerprint density at radius 3 is 2.15 bits per heavy atom. The Labute approximate surface area is 122 Å². The van der Waals surface area contributed by atoms with Crippen molar-refractivity contribution in [3.8, 4) is 0 Å². The van der Waals surface area contributed by atoms with Crippen molar-refractivity contribution >= 4 is 11.6 Å². The first-order chi connectivity index (χ1) is 9.34. The van der Waals surface area contributed by atoms with E-state index in [1.165, 1.54) is 0 Å². The first-order valence-corrected chi connectivity index (χ1v) is 7.06. The second-order valence-corrected chi connectivity index (χ2v) is 5.84. The number of amides is 1. The molecule has 2 N–H and O–H groups in total. The van der Waals surface area contributed by atoms with Gasteiger partial charge in [-0.25, -0.2) is 0 Å². The molecule has 0 fully saturated rings. The number of rotatable bonds is 6. The minimum atomic E-state index is -0.460. The Kier molecular flexibility index (Phi) is 5.57. The molecule has 20 heavy (non-hydrogen) atoms. The zero-order valence-corrected chi connectivity index (χ0v) is 13.3. The Balaban J connectivity index is 2.75. The highest BCUT2D eigenvalue weighted by atomic mass is 16.2. The molecule has 112 valence electrons.